The van der Waals surface area contributed by atoms with Gasteiger partial charge in [0, 0.05) is 15.8 Å². The van der Waals surface area contributed by atoms with E-state index in [1.165, 1.54) is 34.1 Å². The molecule has 2 heterocycles. The molecule has 0 saturated carbocycles. The Morgan fingerprint density at radius 2 is 1.86 bits per heavy atom. The lowest BCUT2D eigenvalue weighted by Crippen LogP contribution is -2.30. The minimum Gasteiger partial charge on any atom is -0.503 e. The monoisotopic (exact) mass is 635 g/mol. The molecule has 0 spiro atoms. The van der Waals surface area contributed by atoms with E-state index in [0.29, 0.717) is 38.1 Å². The molecule has 0 aliphatic carbocycles. The predicted octanol–water partition coefficient (Wildman–Crippen LogP) is 7.88. The molecule has 7 nitrogen and oxygen atoms in total. The first-order valence-corrected chi connectivity index (χ1v) is 15.2. The summed E-state index contributed by atoms with van der Waals surface area (Å²) in [6.07, 6.45) is 4.62. The van der Waals surface area contributed by atoms with Gasteiger partial charge >= 0.3 is 0 Å². The molecule has 1 aliphatic rings. The summed E-state index contributed by atoms with van der Waals surface area (Å²) >= 11 is 14.9. The minimum atomic E-state index is -0.935. The van der Waals surface area contributed by atoms with Crippen LogP contribution in [0.25, 0.3) is 6.08 Å². The lowest BCUT2D eigenvalue weighted by atomic mass is 9.95. The number of aliphatic hydroxyl groups is 1. The zero-order chi connectivity index (χ0) is 29.6. The van der Waals surface area contributed by atoms with Crippen molar-refractivity contribution < 1.29 is 19.4 Å². The molecule has 1 unspecified atom stereocenters. The molecular weight excluding hydrogens is 613 g/mol. The van der Waals surface area contributed by atoms with Crippen molar-refractivity contribution in [2.45, 2.75) is 16.1 Å². The predicted molar refractivity (Wildman–Crippen MR) is 168 cm³/mol. The van der Waals surface area contributed by atoms with E-state index in [-0.39, 0.29) is 10.7 Å². The summed E-state index contributed by atoms with van der Waals surface area (Å²) in [6.45, 7) is 3.98. The van der Waals surface area contributed by atoms with Crippen LogP contribution < -0.4 is 9.64 Å². The molecule has 1 atom stereocenters. The first kappa shape index (κ1) is 29.6. The molecule has 1 N–H and O–H groups in total. The highest BCUT2D eigenvalue weighted by atomic mass is 35.5. The van der Waals surface area contributed by atoms with E-state index in [2.05, 4.69) is 16.8 Å². The van der Waals surface area contributed by atoms with Gasteiger partial charge in [-0.15, -0.1) is 10.2 Å². The van der Waals surface area contributed by atoms with Gasteiger partial charge in [0.05, 0.1) is 11.6 Å². The van der Waals surface area contributed by atoms with E-state index < -0.39 is 23.5 Å². The van der Waals surface area contributed by atoms with Crippen LogP contribution in [0.4, 0.5) is 5.13 Å². The van der Waals surface area contributed by atoms with Crippen molar-refractivity contribution in [3.63, 3.8) is 0 Å². The summed E-state index contributed by atoms with van der Waals surface area (Å²) in [5, 5.41) is 20.8. The van der Waals surface area contributed by atoms with Crippen molar-refractivity contribution >= 4 is 69.2 Å². The normalized spacial score (nSPS) is 15.0. The molecular formula is C31H23Cl2N3O4S2. The van der Waals surface area contributed by atoms with Gasteiger partial charge < -0.3 is 9.84 Å². The molecule has 0 fully saturated rings. The fraction of sp³-hybridized carbons (Fsp3) is 0.0968. The maximum absolute atomic E-state index is 13.5. The number of thioether (sulfide) groups is 1. The summed E-state index contributed by atoms with van der Waals surface area (Å²) < 4.78 is 6.17. The second-order valence-corrected chi connectivity index (χ2v) is 12.0. The summed E-state index contributed by atoms with van der Waals surface area (Å²) in [4.78, 5) is 28.2. The Labute approximate surface area is 260 Å². The third kappa shape index (κ3) is 6.60. The van der Waals surface area contributed by atoms with Crippen LogP contribution in [0.2, 0.25) is 10.0 Å². The van der Waals surface area contributed by atoms with Gasteiger partial charge in [0.1, 0.15) is 12.4 Å². The van der Waals surface area contributed by atoms with E-state index in [9.17, 15) is 14.7 Å². The number of hydrogen-bond acceptors (Lipinski definition) is 8. The smallest absolute Gasteiger partial charge is 0.296 e. The highest BCUT2D eigenvalue weighted by molar-refractivity contribution is 8.00. The lowest BCUT2D eigenvalue weighted by Gasteiger charge is -2.24. The first-order chi connectivity index (χ1) is 20.4. The maximum atomic E-state index is 13.5. The number of allylic oxidation sites excluding steroid dienone is 1. The van der Waals surface area contributed by atoms with E-state index in [1.54, 1.807) is 48.6 Å². The van der Waals surface area contributed by atoms with Gasteiger partial charge in [-0.05, 0) is 47.0 Å². The summed E-state index contributed by atoms with van der Waals surface area (Å²) in [7, 11) is 0. The van der Waals surface area contributed by atoms with Crippen LogP contribution in [0.3, 0.4) is 0 Å². The molecule has 0 saturated heterocycles. The summed E-state index contributed by atoms with van der Waals surface area (Å²) in [5.41, 5.74) is 2.21. The van der Waals surface area contributed by atoms with Crippen molar-refractivity contribution in [3.8, 4) is 5.75 Å². The topological polar surface area (TPSA) is 92.6 Å². The largest absolute Gasteiger partial charge is 0.503 e. The Kier molecular flexibility index (Phi) is 9.44. The van der Waals surface area contributed by atoms with Gasteiger partial charge in [0.2, 0.25) is 5.13 Å². The fourth-order valence-corrected chi connectivity index (χ4v) is 6.66. The zero-order valence-electron chi connectivity index (χ0n) is 21.9. The van der Waals surface area contributed by atoms with E-state index >= 15 is 0 Å². The quantitative estimate of drug-likeness (QED) is 0.0775. The number of halogens is 2. The number of hydrogen-bond donors (Lipinski definition) is 1. The van der Waals surface area contributed by atoms with Crippen LogP contribution in [-0.2, 0) is 15.3 Å². The molecule has 4 aromatic rings. The number of aromatic nitrogens is 2. The molecule has 1 aliphatic heterocycles. The van der Waals surface area contributed by atoms with Crippen LogP contribution in [0.15, 0.2) is 107 Å². The number of carbonyl (C=O) groups is 2. The van der Waals surface area contributed by atoms with Gasteiger partial charge in [-0.3, -0.25) is 14.5 Å². The average Bonchev–Trinajstić information content (AvgIpc) is 3.57. The molecule has 3 aromatic carbocycles. The lowest BCUT2D eigenvalue weighted by molar-refractivity contribution is -0.117. The third-order valence-electron chi connectivity index (χ3n) is 6.23. The number of benzene rings is 3. The Morgan fingerprint density at radius 1 is 1.10 bits per heavy atom. The number of nitrogens with zero attached hydrogens (tertiary/aromatic N) is 3. The highest BCUT2D eigenvalue weighted by Gasteiger charge is 2.45. The molecule has 5 rings (SSSR count). The molecule has 0 radical (unpaired) electrons. The second-order valence-electron chi connectivity index (χ2n) is 8.99. The molecule has 42 heavy (non-hydrogen) atoms. The number of rotatable bonds is 11. The highest BCUT2D eigenvalue weighted by Crippen LogP contribution is 2.43. The number of aliphatic hydroxyl groups excluding tert-OH is 1. The molecule has 212 valence electrons. The fourth-order valence-electron chi connectivity index (χ4n) is 4.23. The zero-order valence-corrected chi connectivity index (χ0v) is 25.1. The molecule has 0 bridgehead atoms. The van der Waals surface area contributed by atoms with E-state index in [1.807, 2.05) is 36.4 Å². The average molecular weight is 637 g/mol. The van der Waals surface area contributed by atoms with Crippen molar-refractivity contribution in [1.82, 2.24) is 10.2 Å². The van der Waals surface area contributed by atoms with Crippen LogP contribution >= 0.6 is 46.3 Å². The van der Waals surface area contributed by atoms with E-state index in [4.69, 9.17) is 27.9 Å². The Bertz CT molecular complexity index is 1690. The van der Waals surface area contributed by atoms with Crippen LogP contribution in [0, 0.1) is 0 Å². The van der Waals surface area contributed by atoms with Crippen molar-refractivity contribution in [3.05, 3.63) is 130 Å². The molecule has 1 aromatic heterocycles. The number of amides is 1. The standard InChI is InChI=1S/C31H23Cl2N3O4S2/c1-2-16-40-23-13-10-20(11-14-23)27-26(25(37)15-8-19-6-4-3-5-7-19)28(38)29(39)36(27)30-34-35-31(42-30)41-18-21-9-12-22(32)17-24(21)33/h2-15,17,27,38H,1,16,18H2. The minimum absolute atomic E-state index is 0.0516. The molecule has 11 heteroatoms. The molecule has 1 amide bonds. The van der Waals surface area contributed by atoms with Crippen molar-refractivity contribution in [2.24, 2.45) is 0 Å². The first-order valence-electron chi connectivity index (χ1n) is 12.6. The summed E-state index contributed by atoms with van der Waals surface area (Å²) in [6, 6.07) is 20.6. The van der Waals surface area contributed by atoms with Gasteiger partial charge in [0.25, 0.3) is 5.91 Å². The second kappa shape index (κ2) is 13.4. The van der Waals surface area contributed by atoms with Crippen LogP contribution in [0.1, 0.15) is 22.7 Å². The Hall–Kier alpha value is -3.89. The van der Waals surface area contributed by atoms with Crippen molar-refractivity contribution in [2.75, 3.05) is 11.5 Å². The Balaban J connectivity index is 1.45. The number of carbonyl (C=O) groups excluding carboxylic acids is 2. The van der Waals surface area contributed by atoms with Gasteiger partial charge in [-0.2, -0.15) is 0 Å². The number of ether oxygens (including phenoxy) is 1. The maximum Gasteiger partial charge on any atom is 0.296 e. The van der Waals surface area contributed by atoms with Gasteiger partial charge in [0.15, 0.2) is 15.9 Å². The van der Waals surface area contributed by atoms with E-state index in [0.717, 1.165) is 11.1 Å². The Morgan fingerprint density at radius 3 is 2.57 bits per heavy atom. The number of anilines is 1. The van der Waals surface area contributed by atoms with Crippen LogP contribution in [-0.4, -0.2) is 33.6 Å². The number of ketones is 1. The van der Waals surface area contributed by atoms with Gasteiger partial charge in [-0.1, -0.05) is 114 Å². The van der Waals surface area contributed by atoms with Crippen molar-refractivity contribution in [1.29, 1.82) is 0 Å². The summed E-state index contributed by atoms with van der Waals surface area (Å²) in [5.74, 6) is -0.772. The SMILES string of the molecule is C=CCOc1ccc(C2C(C(=O)C=Cc3ccccc3)=C(O)C(=O)N2c2nnc(SCc3ccc(Cl)cc3Cl)s2)cc1. The third-order valence-corrected chi connectivity index (χ3v) is 8.92. The van der Waals surface area contributed by atoms with Gasteiger partial charge in [-0.25, -0.2) is 0 Å². The van der Waals surface area contributed by atoms with Crippen LogP contribution in [0.5, 0.6) is 5.75 Å².